The quantitative estimate of drug-likeness (QED) is 0.476. The summed E-state index contributed by atoms with van der Waals surface area (Å²) in [6.07, 6.45) is 3.86. The number of nitrogens with zero attached hydrogens (tertiary/aromatic N) is 4. The number of ketones is 1. The van der Waals surface area contributed by atoms with Crippen LogP contribution in [0.4, 0.5) is 0 Å². The number of hydrogen-bond acceptors (Lipinski definition) is 9. The van der Waals surface area contributed by atoms with E-state index in [2.05, 4.69) is 15.5 Å². The molecule has 1 aromatic carbocycles. The maximum absolute atomic E-state index is 12.6. The largest absolute Gasteiger partial charge is 0.427 e. The first-order valence-corrected chi connectivity index (χ1v) is 11.7. The van der Waals surface area contributed by atoms with Gasteiger partial charge in [0.2, 0.25) is 5.16 Å². The highest BCUT2D eigenvalue weighted by Crippen LogP contribution is 2.33. The molecule has 0 N–H and O–H groups in total. The van der Waals surface area contributed by atoms with E-state index in [1.807, 2.05) is 0 Å². The Hall–Kier alpha value is -2.24. The van der Waals surface area contributed by atoms with Crippen LogP contribution in [0, 0.1) is 0 Å². The zero-order chi connectivity index (χ0) is 21.2. The van der Waals surface area contributed by atoms with E-state index in [1.165, 1.54) is 34.7 Å². The molecule has 0 spiro atoms. The fraction of sp³-hybridized carbons (Fsp3) is 0.353. The SMILES string of the molecule is Cn1nnnc1SCc1c(S(C)(=O)=O)ccc(C(=O)OC2=CC(=O)CCC2)c1Cl. The lowest BCUT2D eigenvalue weighted by atomic mass is 10.1. The number of carbonyl (C=O) groups is 2. The number of rotatable bonds is 6. The summed E-state index contributed by atoms with van der Waals surface area (Å²) in [5, 5.41) is 11.5. The van der Waals surface area contributed by atoms with Crippen molar-refractivity contribution in [3.63, 3.8) is 0 Å². The van der Waals surface area contributed by atoms with Crippen LogP contribution in [-0.2, 0) is 32.2 Å². The van der Waals surface area contributed by atoms with Gasteiger partial charge in [-0.2, -0.15) is 0 Å². The number of benzene rings is 1. The van der Waals surface area contributed by atoms with Crippen LogP contribution in [0.5, 0.6) is 0 Å². The predicted octanol–water partition coefficient (Wildman–Crippen LogP) is 2.35. The maximum atomic E-state index is 12.6. The molecule has 0 radical (unpaired) electrons. The van der Waals surface area contributed by atoms with Crippen LogP contribution in [0.15, 0.2) is 34.0 Å². The molecule has 1 aliphatic rings. The molecule has 1 heterocycles. The minimum absolute atomic E-state index is 0.00809. The number of thioether (sulfide) groups is 1. The Morgan fingerprint density at radius 2 is 2.10 bits per heavy atom. The third-order valence-electron chi connectivity index (χ3n) is 4.14. The highest BCUT2D eigenvalue weighted by atomic mass is 35.5. The normalized spacial score (nSPS) is 14.6. The van der Waals surface area contributed by atoms with Crippen molar-refractivity contribution in [3.8, 4) is 0 Å². The average Bonchev–Trinajstić information content (AvgIpc) is 3.04. The molecule has 12 heteroatoms. The number of aromatic nitrogens is 4. The van der Waals surface area contributed by atoms with E-state index in [1.54, 1.807) is 7.05 Å². The van der Waals surface area contributed by atoms with Crippen molar-refractivity contribution in [2.75, 3.05) is 6.26 Å². The number of sulfone groups is 1. The summed E-state index contributed by atoms with van der Waals surface area (Å²) in [6.45, 7) is 0. The van der Waals surface area contributed by atoms with E-state index in [0.29, 0.717) is 24.4 Å². The smallest absolute Gasteiger partial charge is 0.344 e. The summed E-state index contributed by atoms with van der Waals surface area (Å²) >= 11 is 7.60. The van der Waals surface area contributed by atoms with Crippen LogP contribution in [0.1, 0.15) is 35.2 Å². The molecule has 0 saturated carbocycles. The fourth-order valence-corrected chi connectivity index (χ4v) is 5.10. The monoisotopic (exact) mass is 456 g/mol. The maximum Gasteiger partial charge on any atom is 0.344 e. The van der Waals surface area contributed by atoms with Crippen LogP contribution in [-0.4, -0.2) is 46.6 Å². The third-order valence-corrected chi connectivity index (χ3v) is 6.79. The van der Waals surface area contributed by atoms with Gasteiger partial charge in [-0.05, 0) is 29.0 Å². The van der Waals surface area contributed by atoms with E-state index < -0.39 is 15.8 Å². The first-order chi connectivity index (χ1) is 13.7. The molecule has 1 aliphatic carbocycles. The predicted molar refractivity (Wildman–Crippen MR) is 105 cm³/mol. The van der Waals surface area contributed by atoms with Crippen molar-refractivity contribution in [1.29, 1.82) is 0 Å². The number of allylic oxidation sites excluding steroid dienone is 2. The lowest BCUT2D eigenvalue weighted by Crippen LogP contribution is -2.12. The first-order valence-electron chi connectivity index (χ1n) is 8.49. The number of tetrazole rings is 1. The van der Waals surface area contributed by atoms with Gasteiger partial charge >= 0.3 is 5.97 Å². The van der Waals surface area contributed by atoms with Crippen LogP contribution < -0.4 is 0 Å². The van der Waals surface area contributed by atoms with Crippen molar-refractivity contribution >= 4 is 45.0 Å². The van der Waals surface area contributed by atoms with Crippen molar-refractivity contribution in [3.05, 3.63) is 40.1 Å². The number of hydrogen-bond donors (Lipinski definition) is 0. The second kappa shape index (κ2) is 8.64. The molecule has 3 rings (SSSR count). The number of halogens is 1. The summed E-state index contributed by atoms with van der Waals surface area (Å²) < 4.78 is 31.1. The van der Waals surface area contributed by atoms with E-state index in [9.17, 15) is 18.0 Å². The lowest BCUT2D eigenvalue weighted by molar-refractivity contribution is -0.115. The summed E-state index contributed by atoms with van der Waals surface area (Å²) in [5.74, 6) is -0.456. The van der Waals surface area contributed by atoms with Crippen molar-refractivity contribution in [2.45, 2.75) is 35.1 Å². The lowest BCUT2D eigenvalue weighted by Gasteiger charge is -2.15. The van der Waals surface area contributed by atoms with Crippen molar-refractivity contribution in [1.82, 2.24) is 20.2 Å². The van der Waals surface area contributed by atoms with Gasteiger partial charge in [-0.1, -0.05) is 23.4 Å². The zero-order valence-electron chi connectivity index (χ0n) is 15.6. The van der Waals surface area contributed by atoms with E-state index in [-0.39, 0.29) is 38.3 Å². The molecule has 2 aromatic rings. The summed E-state index contributed by atoms with van der Waals surface area (Å²) in [7, 11) is -1.95. The summed E-state index contributed by atoms with van der Waals surface area (Å²) in [6, 6.07) is 2.63. The number of carbonyl (C=O) groups excluding carboxylic acids is 2. The van der Waals surface area contributed by atoms with Gasteiger partial charge < -0.3 is 4.74 Å². The van der Waals surface area contributed by atoms with Gasteiger partial charge in [0.15, 0.2) is 15.6 Å². The molecular formula is C17H17ClN4O5S2. The molecule has 0 unspecified atom stereocenters. The Balaban J connectivity index is 1.93. The molecular weight excluding hydrogens is 440 g/mol. The molecule has 0 fully saturated rings. The number of ether oxygens (including phenoxy) is 1. The Labute approximate surface area is 176 Å². The number of esters is 1. The van der Waals surface area contributed by atoms with Gasteiger partial charge in [0.05, 0.1) is 15.5 Å². The van der Waals surface area contributed by atoms with Crippen LogP contribution >= 0.6 is 23.4 Å². The van der Waals surface area contributed by atoms with E-state index >= 15 is 0 Å². The third kappa shape index (κ3) is 5.03. The molecule has 1 aromatic heterocycles. The second-order valence-corrected chi connectivity index (χ2v) is 9.67. The van der Waals surface area contributed by atoms with Crippen molar-refractivity contribution in [2.24, 2.45) is 7.05 Å². The molecule has 154 valence electrons. The molecule has 0 atom stereocenters. The van der Waals surface area contributed by atoms with E-state index in [4.69, 9.17) is 16.3 Å². The molecule has 29 heavy (non-hydrogen) atoms. The minimum Gasteiger partial charge on any atom is -0.427 e. The van der Waals surface area contributed by atoms with Crippen LogP contribution in [0.25, 0.3) is 0 Å². The molecule has 0 saturated heterocycles. The van der Waals surface area contributed by atoms with Gasteiger partial charge in [0, 0.05) is 43.5 Å². The topological polar surface area (TPSA) is 121 Å². The Kier molecular flexibility index (Phi) is 6.39. The minimum atomic E-state index is -3.60. The van der Waals surface area contributed by atoms with Gasteiger partial charge in [-0.15, -0.1) is 5.10 Å². The number of aryl methyl sites for hydroxylation is 1. The van der Waals surface area contributed by atoms with Gasteiger partial charge in [-0.25, -0.2) is 17.9 Å². The highest BCUT2D eigenvalue weighted by Gasteiger charge is 2.24. The molecule has 0 aliphatic heterocycles. The van der Waals surface area contributed by atoms with Gasteiger partial charge in [0.1, 0.15) is 5.76 Å². The fourth-order valence-electron chi connectivity index (χ4n) is 2.74. The standard InChI is InChI=1S/C17H17ClN4O5S2/c1-22-17(19-20-21-22)28-9-13-14(29(2,25)26)7-6-12(15(13)18)16(24)27-11-5-3-4-10(23)8-11/h6-8H,3-5,9H2,1-2H3. The second-order valence-electron chi connectivity index (χ2n) is 6.37. The Bertz CT molecular complexity index is 1110. The summed E-state index contributed by atoms with van der Waals surface area (Å²) in [5.41, 5.74) is 0.273. The highest BCUT2D eigenvalue weighted by molar-refractivity contribution is 7.98. The zero-order valence-corrected chi connectivity index (χ0v) is 18.0. The Morgan fingerprint density at radius 3 is 2.72 bits per heavy atom. The van der Waals surface area contributed by atoms with Gasteiger partial charge in [0.25, 0.3) is 0 Å². The summed E-state index contributed by atoms with van der Waals surface area (Å²) in [4.78, 5) is 24.1. The van der Waals surface area contributed by atoms with E-state index in [0.717, 1.165) is 6.26 Å². The first kappa shape index (κ1) is 21.5. The molecule has 0 bridgehead atoms. The van der Waals surface area contributed by atoms with Crippen LogP contribution in [0.2, 0.25) is 5.02 Å². The van der Waals surface area contributed by atoms with Gasteiger partial charge in [-0.3, -0.25) is 4.79 Å². The Morgan fingerprint density at radius 1 is 1.34 bits per heavy atom. The molecule has 0 amide bonds. The average molecular weight is 457 g/mol. The molecule has 9 nitrogen and oxygen atoms in total. The van der Waals surface area contributed by atoms with Crippen molar-refractivity contribution < 1.29 is 22.7 Å². The van der Waals surface area contributed by atoms with Crippen LogP contribution in [0.3, 0.4) is 0 Å².